The molecule has 0 spiro atoms. The van der Waals surface area contributed by atoms with Crippen molar-refractivity contribution in [2.75, 3.05) is 4.90 Å². The first-order valence-corrected chi connectivity index (χ1v) is 11.6. The summed E-state index contributed by atoms with van der Waals surface area (Å²) in [5.74, 6) is -0.487. The average Bonchev–Trinajstić information content (AvgIpc) is 3.42. The first kappa shape index (κ1) is 22.7. The van der Waals surface area contributed by atoms with E-state index in [0.29, 0.717) is 11.2 Å². The van der Waals surface area contributed by atoms with Crippen LogP contribution in [0.2, 0.25) is 0 Å². The predicted molar refractivity (Wildman–Crippen MR) is 131 cm³/mol. The molecule has 0 fully saturated rings. The highest BCUT2D eigenvalue weighted by atomic mass is 32.1. The Morgan fingerprint density at radius 2 is 1.79 bits per heavy atom. The zero-order chi connectivity index (χ0) is 23.6. The molecule has 0 aliphatic heterocycles. The number of carbonyl (C=O) groups excluding carboxylic acids is 2. The summed E-state index contributed by atoms with van der Waals surface area (Å²) in [5, 5.41) is 13.3. The summed E-state index contributed by atoms with van der Waals surface area (Å²) in [5.41, 5.74) is 2.75. The van der Waals surface area contributed by atoms with Crippen LogP contribution in [0.1, 0.15) is 37.3 Å². The molecule has 2 heterocycles. The Bertz CT molecular complexity index is 1260. The highest BCUT2D eigenvalue weighted by Crippen LogP contribution is 2.32. The number of para-hydroxylation sites is 1. The van der Waals surface area contributed by atoms with Crippen molar-refractivity contribution < 1.29 is 9.59 Å². The van der Waals surface area contributed by atoms with Crippen molar-refractivity contribution in [3.63, 3.8) is 0 Å². The molecule has 1 N–H and O–H groups in total. The zero-order valence-corrected chi connectivity index (χ0v) is 20.0. The zero-order valence-electron chi connectivity index (χ0n) is 19.1. The van der Waals surface area contributed by atoms with E-state index in [-0.39, 0.29) is 18.4 Å². The Labute approximate surface area is 197 Å². The Balaban J connectivity index is 1.77. The second kappa shape index (κ2) is 9.15. The second-order valence-electron chi connectivity index (χ2n) is 8.99. The van der Waals surface area contributed by atoms with Gasteiger partial charge in [0, 0.05) is 16.1 Å². The number of hydrogen-bond acceptors (Lipinski definition) is 5. The predicted octanol–water partition coefficient (Wildman–Crippen LogP) is 4.49. The molecule has 170 valence electrons. The number of hydrogen-bond donors (Lipinski definition) is 1. The van der Waals surface area contributed by atoms with Crippen molar-refractivity contribution in [3.05, 3.63) is 76.5 Å². The topological polar surface area (TPSA) is 80.1 Å². The highest BCUT2D eigenvalue weighted by molar-refractivity contribution is 7.10. The SMILES string of the molecule is Cc1ccc(N(C(=O)Cn2nnc3ccccc32)[C@@H](C(=O)NC(C)(C)C)c2cccs2)cc1. The second-order valence-corrected chi connectivity index (χ2v) is 9.97. The fraction of sp³-hybridized carbons (Fsp3) is 0.280. The molecule has 4 rings (SSSR count). The number of carbonyl (C=O) groups is 2. The molecular weight excluding hydrogens is 434 g/mol. The van der Waals surface area contributed by atoms with Crippen molar-refractivity contribution >= 4 is 39.9 Å². The normalized spacial score (nSPS) is 12.5. The van der Waals surface area contributed by atoms with Crippen molar-refractivity contribution in [1.29, 1.82) is 0 Å². The van der Waals surface area contributed by atoms with Gasteiger partial charge in [-0.25, -0.2) is 4.68 Å². The smallest absolute Gasteiger partial charge is 0.249 e. The fourth-order valence-electron chi connectivity index (χ4n) is 3.64. The Kier molecular flexibility index (Phi) is 6.29. The number of benzene rings is 2. The summed E-state index contributed by atoms with van der Waals surface area (Å²) in [6.07, 6.45) is 0. The van der Waals surface area contributed by atoms with Gasteiger partial charge >= 0.3 is 0 Å². The van der Waals surface area contributed by atoms with Gasteiger partial charge in [0.1, 0.15) is 18.1 Å². The number of aryl methyl sites for hydroxylation is 1. The summed E-state index contributed by atoms with van der Waals surface area (Å²) >= 11 is 1.45. The molecule has 0 aliphatic rings. The lowest BCUT2D eigenvalue weighted by atomic mass is 10.1. The van der Waals surface area contributed by atoms with Crippen LogP contribution < -0.4 is 10.2 Å². The van der Waals surface area contributed by atoms with E-state index in [9.17, 15) is 9.59 Å². The summed E-state index contributed by atoms with van der Waals surface area (Å²) in [6, 6.07) is 18.1. The molecule has 33 heavy (non-hydrogen) atoms. The maximum Gasteiger partial charge on any atom is 0.249 e. The van der Waals surface area contributed by atoms with Crippen LogP contribution in [0.4, 0.5) is 5.69 Å². The van der Waals surface area contributed by atoms with Gasteiger partial charge in [0.15, 0.2) is 0 Å². The lowest BCUT2D eigenvalue weighted by Crippen LogP contribution is -2.50. The largest absolute Gasteiger partial charge is 0.349 e. The average molecular weight is 462 g/mol. The van der Waals surface area contributed by atoms with Crippen molar-refractivity contribution in [2.24, 2.45) is 0 Å². The molecule has 0 unspecified atom stereocenters. The third-order valence-electron chi connectivity index (χ3n) is 5.10. The molecule has 0 radical (unpaired) electrons. The lowest BCUT2D eigenvalue weighted by Gasteiger charge is -2.33. The van der Waals surface area contributed by atoms with Gasteiger partial charge in [-0.1, -0.05) is 41.1 Å². The molecule has 2 amide bonds. The van der Waals surface area contributed by atoms with Crippen LogP contribution in [0.15, 0.2) is 66.0 Å². The van der Waals surface area contributed by atoms with Crippen molar-refractivity contribution in [1.82, 2.24) is 20.3 Å². The van der Waals surface area contributed by atoms with Crippen LogP contribution in [-0.4, -0.2) is 32.3 Å². The highest BCUT2D eigenvalue weighted by Gasteiger charge is 2.35. The van der Waals surface area contributed by atoms with Gasteiger partial charge in [-0.2, -0.15) is 0 Å². The number of amides is 2. The number of aromatic nitrogens is 3. The summed E-state index contributed by atoms with van der Waals surface area (Å²) in [4.78, 5) is 29.7. The van der Waals surface area contributed by atoms with Crippen LogP contribution in [0.25, 0.3) is 11.0 Å². The lowest BCUT2D eigenvalue weighted by molar-refractivity contribution is -0.127. The monoisotopic (exact) mass is 461 g/mol. The van der Waals surface area contributed by atoms with Crippen LogP contribution in [-0.2, 0) is 16.1 Å². The summed E-state index contributed by atoms with van der Waals surface area (Å²) in [6.45, 7) is 7.72. The van der Waals surface area contributed by atoms with Crippen LogP contribution in [0, 0.1) is 6.92 Å². The maximum atomic E-state index is 13.8. The van der Waals surface area contributed by atoms with E-state index in [4.69, 9.17) is 0 Å². The molecule has 8 heteroatoms. The molecule has 0 aliphatic carbocycles. The molecule has 7 nitrogen and oxygen atoms in total. The molecule has 2 aromatic carbocycles. The van der Waals surface area contributed by atoms with Crippen LogP contribution >= 0.6 is 11.3 Å². The van der Waals surface area contributed by atoms with Gasteiger partial charge in [0.05, 0.1) is 5.52 Å². The van der Waals surface area contributed by atoms with Gasteiger partial charge in [-0.05, 0) is 63.4 Å². The van der Waals surface area contributed by atoms with Crippen LogP contribution in [0.5, 0.6) is 0 Å². The van der Waals surface area contributed by atoms with Crippen molar-refractivity contribution in [2.45, 2.75) is 45.8 Å². The Morgan fingerprint density at radius 1 is 1.06 bits per heavy atom. The minimum atomic E-state index is -0.811. The molecule has 0 saturated carbocycles. The number of rotatable bonds is 6. The van der Waals surface area contributed by atoms with E-state index in [0.717, 1.165) is 16.0 Å². The standard InChI is InChI=1S/C25H27N5O2S/c1-17-11-13-18(14-12-17)30(22(31)16-29-20-9-6-5-8-19(20)27-28-29)23(21-10-7-15-33-21)24(32)26-25(2,3)4/h5-15,23H,16H2,1-4H3,(H,26,32)/t23-/m1/s1. The molecule has 0 saturated heterocycles. The molecule has 2 aromatic heterocycles. The molecule has 4 aromatic rings. The number of nitrogens with zero attached hydrogens (tertiary/aromatic N) is 4. The summed E-state index contributed by atoms with van der Waals surface area (Å²) in [7, 11) is 0. The molecule has 1 atom stereocenters. The number of fused-ring (bicyclic) bond motifs is 1. The molecular formula is C25H27N5O2S. The third-order valence-corrected chi connectivity index (χ3v) is 6.03. The number of thiophene rings is 1. The van der Waals surface area contributed by atoms with E-state index in [1.165, 1.54) is 11.3 Å². The number of anilines is 1. The van der Waals surface area contributed by atoms with E-state index in [2.05, 4.69) is 15.6 Å². The van der Waals surface area contributed by atoms with E-state index >= 15 is 0 Å². The first-order valence-electron chi connectivity index (χ1n) is 10.8. The first-order chi connectivity index (χ1) is 15.7. The minimum absolute atomic E-state index is 0.0426. The third kappa shape index (κ3) is 5.12. The van der Waals surface area contributed by atoms with Gasteiger partial charge in [-0.15, -0.1) is 16.4 Å². The maximum absolute atomic E-state index is 13.8. The quantitative estimate of drug-likeness (QED) is 0.459. The van der Waals surface area contributed by atoms with Gasteiger partial charge in [0.25, 0.3) is 0 Å². The van der Waals surface area contributed by atoms with Gasteiger partial charge < -0.3 is 5.32 Å². The van der Waals surface area contributed by atoms with E-state index < -0.39 is 11.6 Å². The molecule has 0 bridgehead atoms. The minimum Gasteiger partial charge on any atom is -0.349 e. The van der Waals surface area contributed by atoms with Crippen LogP contribution in [0.3, 0.4) is 0 Å². The van der Waals surface area contributed by atoms with Crippen molar-refractivity contribution in [3.8, 4) is 0 Å². The van der Waals surface area contributed by atoms with Gasteiger partial charge in [0.2, 0.25) is 11.8 Å². The Hall–Kier alpha value is -3.52. The number of nitrogens with one attached hydrogen (secondary N) is 1. The van der Waals surface area contributed by atoms with Gasteiger partial charge in [-0.3, -0.25) is 14.5 Å². The van der Waals surface area contributed by atoms with E-state index in [1.54, 1.807) is 9.58 Å². The Morgan fingerprint density at radius 3 is 2.45 bits per heavy atom. The summed E-state index contributed by atoms with van der Waals surface area (Å²) < 4.78 is 1.58. The fourth-order valence-corrected chi connectivity index (χ4v) is 4.45. The van der Waals surface area contributed by atoms with E-state index in [1.807, 2.05) is 93.7 Å².